The molecule has 0 bridgehead atoms. The van der Waals surface area contributed by atoms with Crippen molar-refractivity contribution < 1.29 is 14.5 Å². The van der Waals surface area contributed by atoms with Crippen molar-refractivity contribution >= 4 is 5.78 Å². The molecular formula is C13H17NO4. The second kappa shape index (κ2) is 6.86. The number of benzene rings is 1. The van der Waals surface area contributed by atoms with Gasteiger partial charge in [-0.2, -0.15) is 0 Å². The highest BCUT2D eigenvalue weighted by molar-refractivity contribution is 5.83. The van der Waals surface area contributed by atoms with Crippen LogP contribution in [0.4, 0.5) is 0 Å². The molecule has 0 aliphatic heterocycles. The van der Waals surface area contributed by atoms with Crippen molar-refractivity contribution in [3.05, 3.63) is 46.0 Å². The summed E-state index contributed by atoms with van der Waals surface area (Å²) in [4.78, 5) is 22.1. The lowest BCUT2D eigenvalue weighted by Crippen LogP contribution is -2.33. The van der Waals surface area contributed by atoms with E-state index in [2.05, 4.69) is 0 Å². The second-order valence-electron chi connectivity index (χ2n) is 4.01. The van der Waals surface area contributed by atoms with Gasteiger partial charge in [0.1, 0.15) is 6.10 Å². The van der Waals surface area contributed by atoms with Crippen molar-refractivity contribution in [3.8, 4) is 0 Å². The summed E-state index contributed by atoms with van der Waals surface area (Å²) in [7, 11) is 1.41. The minimum atomic E-state index is -0.761. The van der Waals surface area contributed by atoms with E-state index in [1.807, 2.05) is 6.07 Å². The molecule has 0 aliphatic rings. The van der Waals surface area contributed by atoms with Crippen LogP contribution in [-0.4, -0.2) is 30.5 Å². The first kappa shape index (κ1) is 14.3. The normalized spacial score (nSPS) is 13.9. The molecule has 0 unspecified atom stereocenters. The monoisotopic (exact) mass is 251 g/mol. The number of Topliss-reactive ketones (excluding diaryl/α,β-unsaturated/α-hetero) is 1. The van der Waals surface area contributed by atoms with Gasteiger partial charge in [-0.1, -0.05) is 37.3 Å². The Balaban J connectivity index is 3.04. The SMILES string of the molecule is CCC(=O)[C@H](OC)[C@H](C[N+](=O)[O-])c1ccccc1. The number of methoxy groups -OCH3 is 1. The van der Waals surface area contributed by atoms with Crippen LogP contribution in [0.15, 0.2) is 30.3 Å². The fourth-order valence-electron chi connectivity index (χ4n) is 1.96. The van der Waals surface area contributed by atoms with Gasteiger partial charge in [0.05, 0.1) is 5.92 Å². The van der Waals surface area contributed by atoms with Crippen molar-refractivity contribution in [1.29, 1.82) is 0 Å². The standard InChI is InChI=1S/C13H17NO4/c1-3-12(15)13(18-2)11(9-14(16)17)10-7-5-4-6-8-10/h4-8,11,13H,3,9H2,1-2H3/t11-,13-/m1/s1. The van der Waals surface area contributed by atoms with Crippen LogP contribution in [0, 0.1) is 10.1 Å². The van der Waals surface area contributed by atoms with E-state index in [0.29, 0.717) is 6.42 Å². The van der Waals surface area contributed by atoms with Crippen molar-refractivity contribution in [1.82, 2.24) is 0 Å². The highest BCUT2D eigenvalue weighted by Crippen LogP contribution is 2.23. The maximum Gasteiger partial charge on any atom is 0.213 e. The molecule has 0 aliphatic carbocycles. The van der Waals surface area contributed by atoms with E-state index in [1.165, 1.54) is 7.11 Å². The van der Waals surface area contributed by atoms with E-state index in [4.69, 9.17) is 4.74 Å². The maximum absolute atomic E-state index is 11.8. The summed E-state index contributed by atoms with van der Waals surface area (Å²) in [5.41, 5.74) is 0.753. The maximum atomic E-state index is 11.8. The first-order valence-corrected chi connectivity index (χ1v) is 5.82. The number of carbonyl (C=O) groups is 1. The van der Waals surface area contributed by atoms with E-state index in [1.54, 1.807) is 31.2 Å². The van der Waals surface area contributed by atoms with E-state index < -0.39 is 16.9 Å². The summed E-state index contributed by atoms with van der Waals surface area (Å²) in [6, 6.07) is 8.99. The number of carbonyl (C=O) groups excluding carboxylic acids is 1. The number of hydrogen-bond acceptors (Lipinski definition) is 4. The zero-order valence-corrected chi connectivity index (χ0v) is 10.5. The number of rotatable bonds is 7. The van der Waals surface area contributed by atoms with Crippen LogP contribution >= 0.6 is 0 Å². The third-order valence-electron chi connectivity index (χ3n) is 2.86. The predicted octanol–water partition coefficient (Wildman–Crippen LogP) is 2.04. The van der Waals surface area contributed by atoms with Crippen molar-refractivity contribution in [3.63, 3.8) is 0 Å². The molecule has 5 heteroatoms. The van der Waals surface area contributed by atoms with Crippen LogP contribution in [0.1, 0.15) is 24.8 Å². The zero-order chi connectivity index (χ0) is 13.5. The topological polar surface area (TPSA) is 69.4 Å². The Morgan fingerprint density at radius 2 is 2.00 bits per heavy atom. The molecule has 0 aromatic heterocycles. The Labute approximate surface area is 106 Å². The molecule has 0 spiro atoms. The van der Waals surface area contributed by atoms with Gasteiger partial charge in [-0.25, -0.2) is 0 Å². The molecule has 0 heterocycles. The minimum absolute atomic E-state index is 0.117. The van der Waals surface area contributed by atoms with Gasteiger partial charge in [0.25, 0.3) is 0 Å². The molecule has 0 amide bonds. The van der Waals surface area contributed by atoms with E-state index >= 15 is 0 Å². The highest BCUT2D eigenvalue weighted by Gasteiger charge is 2.32. The lowest BCUT2D eigenvalue weighted by molar-refractivity contribution is -0.485. The molecule has 0 radical (unpaired) electrons. The number of ketones is 1. The molecule has 1 aromatic rings. The largest absolute Gasteiger partial charge is 0.373 e. The van der Waals surface area contributed by atoms with Crippen LogP contribution in [0.5, 0.6) is 0 Å². The molecule has 1 rings (SSSR count). The van der Waals surface area contributed by atoms with Gasteiger partial charge < -0.3 is 4.74 Å². The Kier molecular flexibility index (Phi) is 5.45. The number of nitro groups is 1. The van der Waals surface area contributed by atoms with Gasteiger partial charge >= 0.3 is 0 Å². The fraction of sp³-hybridized carbons (Fsp3) is 0.462. The molecule has 0 saturated heterocycles. The molecule has 0 fully saturated rings. The Morgan fingerprint density at radius 3 is 2.44 bits per heavy atom. The van der Waals surface area contributed by atoms with Crippen LogP contribution in [0.2, 0.25) is 0 Å². The summed E-state index contributed by atoms with van der Waals surface area (Å²) >= 11 is 0. The van der Waals surface area contributed by atoms with Gasteiger partial charge in [0.15, 0.2) is 5.78 Å². The summed E-state index contributed by atoms with van der Waals surface area (Å²) in [5.74, 6) is -0.660. The summed E-state index contributed by atoms with van der Waals surface area (Å²) in [6.45, 7) is 1.41. The van der Waals surface area contributed by atoms with Crippen molar-refractivity contribution in [2.45, 2.75) is 25.4 Å². The first-order valence-electron chi connectivity index (χ1n) is 5.82. The number of nitrogens with zero attached hydrogens (tertiary/aromatic N) is 1. The lowest BCUT2D eigenvalue weighted by Gasteiger charge is -2.21. The van der Waals surface area contributed by atoms with Crippen LogP contribution in [-0.2, 0) is 9.53 Å². The molecule has 98 valence electrons. The van der Waals surface area contributed by atoms with Crippen molar-refractivity contribution in [2.75, 3.05) is 13.7 Å². The lowest BCUT2D eigenvalue weighted by atomic mass is 9.90. The van der Waals surface area contributed by atoms with Gasteiger partial charge in [-0.15, -0.1) is 0 Å². The van der Waals surface area contributed by atoms with Gasteiger partial charge in [0, 0.05) is 18.5 Å². The Hall–Kier alpha value is -1.75. The minimum Gasteiger partial charge on any atom is -0.373 e. The smallest absolute Gasteiger partial charge is 0.213 e. The molecule has 18 heavy (non-hydrogen) atoms. The van der Waals surface area contributed by atoms with Crippen LogP contribution in [0.25, 0.3) is 0 Å². The number of ether oxygens (including phenoxy) is 1. The highest BCUT2D eigenvalue weighted by atomic mass is 16.6. The number of hydrogen-bond donors (Lipinski definition) is 0. The predicted molar refractivity (Wildman–Crippen MR) is 67.1 cm³/mol. The fourth-order valence-corrected chi connectivity index (χ4v) is 1.96. The summed E-state index contributed by atoms with van der Waals surface area (Å²) in [5, 5.41) is 10.8. The molecule has 0 N–H and O–H groups in total. The Morgan fingerprint density at radius 1 is 1.39 bits per heavy atom. The van der Waals surface area contributed by atoms with E-state index in [0.717, 1.165) is 5.56 Å². The molecule has 2 atom stereocenters. The molecule has 1 aromatic carbocycles. The van der Waals surface area contributed by atoms with Crippen LogP contribution in [0.3, 0.4) is 0 Å². The average Bonchev–Trinajstić information content (AvgIpc) is 2.38. The van der Waals surface area contributed by atoms with Gasteiger partial charge in [-0.05, 0) is 5.56 Å². The first-order chi connectivity index (χ1) is 8.60. The second-order valence-corrected chi connectivity index (χ2v) is 4.01. The summed E-state index contributed by atoms with van der Waals surface area (Å²) in [6.07, 6.45) is -0.456. The Bertz CT molecular complexity index is 405. The summed E-state index contributed by atoms with van der Waals surface area (Å²) < 4.78 is 5.17. The average molecular weight is 251 g/mol. The van der Waals surface area contributed by atoms with Crippen molar-refractivity contribution in [2.24, 2.45) is 0 Å². The quantitative estimate of drug-likeness (QED) is 0.549. The molecular weight excluding hydrogens is 234 g/mol. The van der Waals surface area contributed by atoms with Gasteiger partial charge in [0.2, 0.25) is 6.54 Å². The zero-order valence-electron chi connectivity index (χ0n) is 10.5. The van der Waals surface area contributed by atoms with E-state index in [-0.39, 0.29) is 12.3 Å². The molecule has 0 saturated carbocycles. The van der Waals surface area contributed by atoms with Crippen LogP contribution < -0.4 is 0 Å². The third kappa shape index (κ3) is 3.63. The van der Waals surface area contributed by atoms with E-state index in [9.17, 15) is 14.9 Å². The molecule has 5 nitrogen and oxygen atoms in total. The third-order valence-corrected chi connectivity index (χ3v) is 2.86. The van der Waals surface area contributed by atoms with Gasteiger partial charge in [-0.3, -0.25) is 14.9 Å².